The van der Waals surface area contributed by atoms with Gasteiger partial charge in [0.15, 0.2) is 0 Å². The SMILES string of the molecule is CCOC(=O)c1cccc(-c2ccccc2-c2cc(Cl)ccc2OCC2CC=CC2)n1. The van der Waals surface area contributed by atoms with Crippen LogP contribution in [0.25, 0.3) is 22.4 Å². The molecule has 1 aliphatic rings. The number of aromatic nitrogens is 1. The van der Waals surface area contributed by atoms with E-state index in [1.165, 1.54) is 0 Å². The maximum absolute atomic E-state index is 12.2. The summed E-state index contributed by atoms with van der Waals surface area (Å²) in [6.07, 6.45) is 6.50. The first-order chi connectivity index (χ1) is 15.2. The minimum Gasteiger partial charge on any atom is -0.493 e. The van der Waals surface area contributed by atoms with E-state index in [9.17, 15) is 4.79 Å². The van der Waals surface area contributed by atoms with Crippen LogP contribution in [0.1, 0.15) is 30.3 Å². The number of rotatable bonds is 7. The molecule has 0 atom stereocenters. The molecule has 0 saturated heterocycles. The Labute approximate surface area is 187 Å². The molecule has 0 saturated carbocycles. The number of allylic oxidation sites excluding steroid dienone is 2. The Balaban J connectivity index is 1.71. The second kappa shape index (κ2) is 9.80. The molecule has 0 spiro atoms. The number of nitrogens with zero attached hydrogens (tertiary/aromatic N) is 1. The van der Waals surface area contributed by atoms with E-state index in [2.05, 4.69) is 17.1 Å². The average Bonchev–Trinajstić information content (AvgIpc) is 3.32. The Kier molecular flexibility index (Phi) is 6.68. The molecule has 1 aromatic heterocycles. The van der Waals surface area contributed by atoms with Crippen LogP contribution in [0.3, 0.4) is 0 Å². The van der Waals surface area contributed by atoms with Gasteiger partial charge in [0, 0.05) is 16.1 Å². The molecule has 4 nitrogen and oxygen atoms in total. The third-order valence-electron chi connectivity index (χ3n) is 5.25. The Morgan fingerprint density at radius 3 is 2.55 bits per heavy atom. The van der Waals surface area contributed by atoms with E-state index in [-0.39, 0.29) is 5.69 Å². The minimum absolute atomic E-state index is 0.283. The molecule has 31 heavy (non-hydrogen) atoms. The van der Waals surface area contributed by atoms with Crippen molar-refractivity contribution < 1.29 is 14.3 Å². The van der Waals surface area contributed by atoms with Crippen molar-refractivity contribution in [3.05, 3.63) is 83.5 Å². The van der Waals surface area contributed by atoms with Gasteiger partial charge >= 0.3 is 5.97 Å². The van der Waals surface area contributed by atoms with Gasteiger partial charge in [0.05, 0.1) is 18.9 Å². The summed E-state index contributed by atoms with van der Waals surface area (Å²) in [6, 6.07) is 19.0. The standard InChI is InChI=1S/C26H24ClNO3/c1-2-30-26(29)24-13-7-12-23(28-24)21-11-6-5-10-20(21)22-16-19(27)14-15-25(22)31-17-18-8-3-4-9-18/h3-7,10-16,18H,2,8-9,17H2,1H3. The highest BCUT2D eigenvalue weighted by molar-refractivity contribution is 6.31. The van der Waals surface area contributed by atoms with Crippen molar-refractivity contribution in [1.29, 1.82) is 0 Å². The lowest BCUT2D eigenvalue weighted by atomic mass is 9.96. The number of carbonyl (C=O) groups excluding carboxylic acids is 1. The maximum Gasteiger partial charge on any atom is 0.356 e. The van der Waals surface area contributed by atoms with Crippen molar-refractivity contribution in [2.45, 2.75) is 19.8 Å². The Bertz CT molecular complexity index is 1100. The molecule has 5 heteroatoms. The van der Waals surface area contributed by atoms with Gasteiger partial charge in [0.25, 0.3) is 0 Å². The highest BCUT2D eigenvalue weighted by Crippen LogP contribution is 2.38. The van der Waals surface area contributed by atoms with E-state index >= 15 is 0 Å². The Morgan fingerprint density at radius 2 is 1.77 bits per heavy atom. The van der Waals surface area contributed by atoms with Crippen LogP contribution in [0.5, 0.6) is 5.75 Å². The molecule has 4 rings (SSSR count). The summed E-state index contributed by atoms with van der Waals surface area (Å²) in [5.41, 5.74) is 3.70. The molecule has 1 aliphatic carbocycles. The van der Waals surface area contributed by atoms with Gasteiger partial charge in [-0.15, -0.1) is 0 Å². The second-order valence-corrected chi connectivity index (χ2v) is 7.87. The molecule has 1 heterocycles. The zero-order chi connectivity index (χ0) is 21.6. The molecule has 0 bridgehead atoms. The maximum atomic E-state index is 12.2. The fourth-order valence-corrected chi connectivity index (χ4v) is 3.87. The number of esters is 1. The van der Waals surface area contributed by atoms with Gasteiger partial charge < -0.3 is 9.47 Å². The lowest BCUT2D eigenvalue weighted by Gasteiger charge is -2.17. The summed E-state index contributed by atoms with van der Waals surface area (Å²) in [5.74, 6) is 0.853. The summed E-state index contributed by atoms with van der Waals surface area (Å²) in [7, 11) is 0. The first kappa shape index (κ1) is 21.1. The van der Waals surface area contributed by atoms with E-state index in [0.29, 0.717) is 29.8 Å². The van der Waals surface area contributed by atoms with Crippen molar-refractivity contribution in [2.75, 3.05) is 13.2 Å². The summed E-state index contributed by atoms with van der Waals surface area (Å²) in [4.78, 5) is 16.7. The van der Waals surface area contributed by atoms with Crippen molar-refractivity contribution in [2.24, 2.45) is 5.92 Å². The highest BCUT2D eigenvalue weighted by Gasteiger charge is 2.17. The van der Waals surface area contributed by atoms with Crippen LogP contribution in [0.4, 0.5) is 0 Å². The lowest BCUT2D eigenvalue weighted by Crippen LogP contribution is -2.09. The fraction of sp³-hybridized carbons (Fsp3) is 0.231. The van der Waals surface area contributed by atoms with E-state index < -0.39 is 5.97 Å². The molecule has 158 valence electrons. The zero-order valence-corrected chi connectivity index (χ0v) is 18.1. The van der Waals surface area contributed by atoms with Gasteiger partial charge in [0.1, 0.15) is 11.4 Å². The highest BCUT2D eigenvalue weighted by atomic mass is 35.5. The second-order valence-electron chi connectivity index (χ2n) is 7.43. The normalized spacial score (nSPS) is 13.4. The third kappa shape index (κ3) is 4.97. The first-order valence-electron chi connectivity index (χ1n) is 10.5. The minimum atomic E-state index is -0.432. The lowest BCUT2D eigenvalue weighted by molar-refractivity contribution is 0.0519. The molecule has 0 N–H and O–H groups in total. The molecular weight excluding hydrogens is 410 g/mol. The Hall–Kier alpha value is -3.11. The average molecular weight is 434 g/mol. The quantitative estimate of drug-likeness (QED) is 0.311. The summed E-state index contributed by atoms with van der Waals surface area (Å²) < 4.78 is 11.3. The van der Waals surface area contributed by atoms with Crippen LogP contribution in [-0.4, -0.2) is 24.2 Å². The number of ether oxygens (including phenoxy) is 2. The first-order valence-corrected chi connectivity index (χ1v) is 10.8. The fourth-order valence-electron chi connectivity index (χ4n) is 3.70. The van der Waals surface area contributed by atoms with Crippen LogP contribution >= 0.6 is 11.6 Å². The van der Waals surface area contributed by atoms with Gasteiger partial charge in [-0.3, -0.25) is 0 Å². The molecule has 3 aromatic rings. The number of halogens is 1. The van der Waals surface area contributed by atoms with Crippen LogP contribution in [0.15, 0.2) is 72.8 Å². The van der Waals surface area contributed by atoms with Crippen LogP contribution in [-0.2, 0) is 4.74 Å². The van der Waals surface area contributed by atoms with Crippen molar-refractivity contribution in [1.82, 2.24) is 4.98 Å². The number of hydrogen-bond donors (Lipinski definition) is 0. The number of carbonyl (C=O) groups is 1. The smallest absolute Gasteiger partial charge is 0.356 e. The number of pyridine rings is 1. The van der Waals surface area contributed by atoms with Crippen molar-refractivity contribution in [3.8, 4) is 28.1 Å². The van der Waals surface area contributed by atoms with Crippen LogP contribution < -0.4 is 4.74 Å². The van der Waals surface area contributed by atoms with E-state index in [0.717, 1.165) is 35.3 Å². The predicted octanol–water partition coefficient (Wildman–Crippen LogP) is 6.59. The molecule has 0 unspecified atom stereocenters. The molecule has 2 aromatic carbocycles. The number of benzene rings is 2. The van der Waals surface area contributed by atoms with Gasteiger partial charge in [-0.25, -0.2) is 9.78 Å². The van der Waals surface area contributed by atoms with Crippen LogP contribution in [0.2, 0.25) is 5.02 Å². The van der Waals surface area contributed by atoms with E-state index in [4.69, 9.17) is 21.1 Å². The van der Waals surface area contributed by atoms with E-state index in [1.54, 1.807) is 13.0 Å². The monoisotopic (exact) mass is 433 g/mol. The molecule has 0 amide bonds. The van der Waals surface area contributed by atoms with Crippen molar-refractivity contribution >= 4 is 17.6 Å². The topological polar surface area (TPSA) is 48.4 Å². The number of hydrogen-bond acceptors (Lipinski definition) is 4. The zero-order valence-electron chi connectivity index (χ0n) is 17.4. The van der Waals surface area contributed by atoms with Gasteiger partial charge in [-0.2, -0.15) is 0 Å². The van der Waals surface area contributed by atoms with Gasteiger partial charge in [0.2, 0.25) is 0 Å². The molecule has 0 radical (unpaired) electrons. The summed E-state index contributed by atoms with van der Waals surface area (Å²) in [5, 5.41) is 0.632. The largest absolute Gasteiger partial charge is 0.493 e. The molecular formula is C26H24ClNO3. The Morgan fingerprint density at radius 1 is 1.00 bits per heavy atom. The summed E-state index contributed by atoms with van der Waals surface area (Å²) >= 11 is 6.35. The van der Waals surface area contributed by atoms with Crippen LogP contribution in [0, 0.1) is 5.92 Å². The molecule has 0 fully saturated rings. The molecule has 0 aliphatic heterocycles. The summed E-state index contributed by atoms with van der Waals surface area (Å²) in [6.45, 7) is 2.74. The van der Waals surface area contributed by atoms with Gasteiger partial charge in [-0.1, -0.05) is 54.1 Å². The van der Waals surface area contributed by atoms with Gasteiger partial charge in [-0.05, 0) is 61.6 Å². The van der Waals surface area contributed by atoms with Crippen molar-refractivity contribution in [3.63, 3.8) is 0 Å². The third-order valence-corrected chi connectivity index (χ3v) is 5.48. The van der Waals surface area contributed by atoms with E-state index in [1.807, 2.05) is 54.6 Å². The predicted molar refractivity (Wildman–Crippen MR) is 123 cm³/mol.